The molecule has 0 aliphatic carbocycles. The van der Waals surface area contributed by atoms with Gasteiger partial charge in [-0.1, -0.05) is 20.8 Å². The van der Waals surface area contributed by atoms with Gasteiger partial charge in [0.25, 0.3) is 0 Å². The molecule has 1 atom stereocenters. The lowest BCUT2D eigenvalue weighted by atomic mass is 9.93. The molecule has 1 aliphatic heterocycles. The molecule has 0 aromatic carbocycles. The fourth-order valence-corrected chi connectivity index (χ4v) is 2.60. The highest BCUT2D eigenvalue weighted by Gasteiger charge is 2.22. The molecule has 84 valence electrons. The topological polar surface area (TPSA) is 34.1 Å². The molecule has 1 fully saturated rings. The number of ether oxygens (including phenoxy) is 1. The van der Waals surface area contributed by atoms with Gasteiger partial charge >= 0.3 is 0 Å². The molecule has 0 saturated carbocycles. The van der Waals surface area contributed by atoms with E-state index in [-0.39, 0.29) is 11.5 Å². The SMILES string of the molecule is CC(C)(C)c1csc([C@@H]2CNCCO2)n1. The van der Waals surface area contributed by atoms with E-state index in [0.29, 0.717) is 0 Å². The minimum atomic E-state index is 0.136. The molecule has 0 bridgehead atoms. The van der Waals surface area contributed by atoms with Crippen LogP contribution in [-0.4, -0.2) is 24.7 Å². The summed E-state index contributed by atoms with van der Waals surface area (Å²) >= 11 is 1.71. The van der Waals surface area contributed by atoms with Gasteiger partial charge in [0, 0.05) is 23.9 Å². The second-order valence-electron chi connectivity index (χ2n) is 4.88. The molecular weight excluding hydrogens is 208 g/mol. The molecule has 1 aromatic rings. The summed E-state index contributed by atoms with van der Waals surface area (Å²) in [5.41, 5.74) is 1.30. The van der Waals surface area contributed by atoms with Crippen LogP contribution in [0.15, 0.2) is 5.38 Å². The predicted octanol–water partition coefficient (Wildman–Crippen LogP) is 2.10. The van der Waals surface area contributed by atoms with Crippen LogP contribution in [0.5, 0.6) is 0 Å². The smallest absolute Gasteiger partial charge is 0.123 e. The fraction of sp³-hybridized carbons (Fsp3) is 0.727. The Morgan fingerprint density at radius 3 is 2.87 bits per heavy atom. The highest BCUT2D eigenvalue weighted by atomic mass is 32.1. The lowest BCUT2D eigenvalue weighted by Gasteiger charge is -2.22. The summed E-state index contributed by atoms with van der Waals surface area (Å²) in [7, 11) is 0. The summed E-state index contributed by atoms with van der Waals surface area (Å²) in [4.78, 5) is 4.66. The third-order valence-corrected chi connectivity index (χ3v) is 3.43. The molecule has 0 amide bonds. The number of aromatic nitrogens is 1. The van der Waals surface area contributed by atoms with E-state index in [1.54, 1.807) is 11.3 Å². The maximum Gasteiger partial charge on any atom is 0.123 e. The Hall–Kier alpha value is -0.450. The van der Waals surface area contributed by atoms with E-state index in [1.165, 1.54) is 0 Å². The first-order valence-electron chi connectivity index (χ1n) is 5.35. The average molecular weight is 226 g/mol. The number of hydrogen-bond donors (Lipinski definition) is 1. The molecular formula is C11H18N2OS. The highest BCUT2D eigenvalue weighted by molar-refractivity contribution is 7.09. The average Bonchev–Trinajstić information content (AvgIpc) is 2.67. The Morgan fingerprint density at radius 2 is 2.33 bits per heavy atom. The van der Waals surface area contributed by atoms with Crippen molar-refractivity contribution < 1.29 is 4.74 Å². The minimum absolute atomic E-state index is 0.136. The van der Waals surface area contributed by atoms with Crippen molar-refractivity contribution >= 4 is 11.3 Å². The standard InChI is InChI=1S/C11H18N2OS/c1-11(2,3)9-7-15-10(13-9)8-6-12-4-5-14-8/h7-8,12H,4-6H2,1-3H3/t8-/m0/s1. The molecule has 2 rings (SSSR count). The van der Waals surface area contributed by atoms with Gasteiger partial charge in [-0.3, -0.25) is 0 Å². The van der Waals surface area contributed by atoms with Crippen molar-refractivity contribution in [2.45, 2.75) is 32.3 Å². The Kier molecular flexibility index (Phi) is 3.09. The van der Waals surface area contributed by atoms with E-state index < -0.39 is 0 Å². The van der Waals surface area contributed by atoms with Crippen molar-refractivity contribution in [3.8, 4) is 0 Å². The predicted molar refractivity (Wildman–Crippen MR) is 62.4 cm³/mol. The van der Waals surface area contributed by atoms with Crippen molar-refractivity contribution in [1.82, 2.24) is 10.3 Å². The summed E-state index contributed by atoms with van der Waals surface area (Å²) in [6.07, 6.45) is 0.153. The maximum absolute atomic E-state index is 5.68. The first-order valence-corrected chi connectivity index (χ1v) is 6.23. The molecule has 1 aromatic heterocycles. The maximum atomic E-state index is 5.68. The molecule has 1 saturated heterocycles. The van der Waals surface area contributed by atoms with Crippen LogP contribution in [0.25, 0.3) is 0 Å². The second-order valence-corrected chi connectivity index (χ2v) is 5.77. The third kappa shape index (κ3) is 2.56. The van der Waals surface area contributed by atoms with Gasteiger partial charge in [-0.2, -0.15) is 0 Å². The first kappa shape index (κ1) is 11.0. The monoisotopic (exact) mass is 226 g/mol. The summed E-state index contributed by atoms with van der Waals surface area (Å²) in [6, 6.07) is 0. The van der Waals surface area contributed by atoms with Crippen LogP contribution in [-0.2, 0) is 10.2 Å². The van der Waals surface area contributed by atoms with Crippen LogP contribution in [0.2, 0.25) is 0 Å². The van der Waals surface area contributed by atoms with Crippen LogP contribution in [0.1, 0.15) is 37.6 Å². The number of morpholine rings is 1. The lowest BCUT2D eigenvalue weighted by Crippen LogP contribution is -2.33. The third-order valence-electron chi connectivity index (χ3n) is 2.49. The zero-order valence-corrected chi connectivity index (χ0v) is 10.4. The van der Waals surface area contributed by atoms with E-state index in [2.05, 4.69) is 36.5 Å². The van der Waals surface area contributed by atoms with Crippen molar-refractivity contribution in [3.05, 3.63) is 16.1 Å². The summed E-state index contributed by atoms with van der Waals surface area (Å²) < 4.78 is 5.68. The fourth-order valence-electron chi connectivity index (χ4n) is 1.50. The Labute approximate surface area is 94.9 Å². The Bertz CT molecular complexity index is 324. The van der Waals surface area contributed by atoms with Gasteiger partial charge < -0.3 is 10.1 Å². The quantitative estimate of drug-likeness (QED) is 0.796. The van der Waals surface area contributed by atoms with Crippen molar-refractivity contribution in [3.63, 3.8) is 0 Å². The zero-order valence-electron chi connectivity index (χ0n) is 9.54. The Morgan fingerprint density at radius 1 is 1.53 bits per heavy atom. The molecule has 0 radical (unpaired) electrons. The van der Waals surface area contributed by atoms with Gasteiger partial charge in [-0.05, 0) is 0 Å². The second kappa shape index (κ2) is 4.20. The normalized spacial score (nSPS) is 23.0. The van der Waals surface area contributed by atoms with E-state index in [9.17, 15) is 0 Å². The first-order chi connectivity index (χ1) is 7.07. The minimum Gasteiger partial charge on any atom is -0.368 e. The lowest BCUT2D eigenvalue weighted by molar-refractivity contribution is 0.0274. The van der Waals surface area contributed by atoms with Gasteiger partial charge in [-0.15, -0.1) is 11.3 Å². The van der Waals surface area contributed by atoms with E-state index in [1.807, 2.05) is 0 Å². The van der Waals surface area contributed by atoms with Crippen LogP contribution < -0.4 is 5.32 Å². The largest absolute Gasteiger partial charge is 0.368 e. The molecule has 15 heavy (non-hydrogen) atoms. The molecule has 0 spiro atoms. The Balaban J connectivity index is 2.12. The van der Waals surface area contributed by atoms with Crippen LogP contribution >= 0.6 is 11.3 Å². The van der Waals surface area contributed by atoms with Crippen LogP contribution in [0, 0.1) is 0 Å². The van der Waals surface area contributed by atoms with Crippen molar-refractivity contribution in [2.24, 2.45) is 0 Å². The molecule has 3 nitrogen and oxygen atoms in total. The molecule has 2 heterocycles. The van der Waals surface area contributed by atoms with Gasteiger partial charge in [0.2, 0.25) is 0 Å². The number of hydrogen-bond acceptors (Lipinski definition) is 4. The zero-order chi connectivity index (χ0) is 10.9. The molecule has 1 aliphatic rings. The van der Waals surface area contributed by atoms with E-state index >= 15 is 0 Å². The van der Waals surface area contributed by atoms with Gasteiger partial charge in [0.15, 0.2) is 0 Å². The molecule has 0 unspecified atom stereocenters. The number of rotatable bonds is 1. The van der Waals surface area contributed by atoms with Crippen LogP contribution in [0.3, 0.4) is 0 Å². The molecule has 4 heteroatoms. The van der Waals surface area contributed by atoms with Crippen molar-refractivity contribution in [1.29, 1.82) is 0 Å². The highest BCUT2D eigenvalue weighted by Crippen LogP contribution is 2.28. The number of thiazole rings is 1. The van der Waals surface area contributed by atoms with E-state index in [0.717, 1.165) is 30.4 Å². The number of nitrogens with one attached hydrogen (secondary N) is 1. The summed E-state index contributed by atoms with van der Waals surface area (Å²) in [5, 5.41) is 6.57. The number of nitrogens with zero attached hydrogens (tertiary/aromatic N) is 1. The summed E-state index contributed by atoms with van der Waals surface area (Å²) in [5.74, 6) is 0. The summed E-state index contributed by atoms with van der Waals surface area (Å²) in [6.45, 7) is 9.18. The van der Waals surface area contributed by atoms with Gasteiger partial charge in [0.05, 0.1) is 12.3 Å². The van der Waals surface area contributed by atoms with Crippen LogP contribution in [0.4, 0.5) is 0 Å². The van der Waals surface area contributed by atoms with E-state index in [4.69, 9.17) is 4.74 Å². The van der Waals surface area contributed by atoms with Gasteiger partial charge in [0.1, 0.15) is 11.1 Å². The van der Waals surface area contributed by atoms with Gasteiger partial charge in [-0.25, -0.2) is 4.98 Å². The van der Waals surface area contributed by atoms with Crippen molar-refractivity contribution in [2.75, 3.05) is 19.7 Å². The molecule has 1 N–H and O–H groups in total.